The number of benzene rings is 10. The van der Waals surface area contributed by atoms with Crippen molar-refractivity contribution in [2.45, 2.75) is 27.7 Å². The normalized spacial score (nSPS) is 11.4. The minimum atomic E-state index is 0.476. The second-order valence-corrected chi connectivity index (χ2v) is 18.5. The van der Waals surface area contributed by atoms with E-state index in [1.165, 1.54) is 44.5 Å². The van der Waals surface area contributed by atoms with Crippen molar-refractivity contribution in [2.75, 3.05) is 0 Å². The Morgan fingerprint density at radius 1 is 0.357 bits per heavy atom. The summed E-state index contributed by atoms with van der Waals surface area (Å²) in [7, 11) is 0. The molecule has 0 radical (unpaired) electrons. The van der Waals surface area contributed by atoms with Gasteiger partial charge in [-0.15, -0.1) is 0 Å². The molecule has 12 aromatic rings. The van der Waals surface area contributed by atoms with Gasteiger partial charge in [0.05, 0.1) is 40.3 Å². The van der Waals surface area contributed by atoms with Crippen LogP contribution in [0.3, 0.4) is 0 Å². The fraction of sp³-hybridized carbons (Fsp3) is 0.0606. The van der Waals surface area contributed by atoms with Gasteiger partial charge in [-0.2, -0.15) is 5.26 Å². The summed E-state index contributed by atoms with van der Waals surface area (Å²) in [5.41, 5.74) is 22.5. The van der Waals surface area contributed by atoms with E-state index in [1.807, 2.05) is 24.3 Å². The molecule has 0 aliphatic heterocycles. The molecule has 0 amide bonds. The quantitative estimate of drug-likeness (QED) is 0.147. The van der Waals surface area contributed by atoms with Gasteiger partial charge in [-0.05, 0) is 154 Å². The van der Waals surface area contributed by atoms with Crippen LogP contribution in [0.25, 0.3) is 115 Å². The summed E-state index contributed by atoms with van der Waals surface area (Å²) < 4.78 is 4.61. The predicted octanol–water partition coefficient (Wildman–Crippen LogP) is 17.9. The summed E-state index contributed by atoms with van der Waals surface area (Å²) in [5.74, 6) is 0. The van der Waals surface area contributed by atoms with Crippen LogP contribution in [-0.2, 0) is 0 Å². The van der Waals surface area contributed by atoms with Gasteiger partial charge in [0, 0.05) is 32.9 Å². The molecular formula is C66H46N4. The smallest absolute Gasteiger partial charge is 0.197 e. The molecule has 0 saturated carbocycles. The SMILES string of the molecule is [C-]#[N+]c1cc(-n2c3cc(-c4ccccc4C)ccc3c3ccc(-c4ccccc4C)cc32)ccc1-c1ccc(-n2c3cc(-c4ccccc4C)ccc3c3ccc(-c4ccccc4C)cc32)cc1C#N. The maximum atomic E-state index is 11.0. The molecule has 330 valence electrons. The van der Waals surface area contributed by atoms with Crippen LogP contribution in [0, 0.1) is 45.6 Å². The van der Waals surface area contributed by atoms with Gasteiger partial charge in [0.2, 0.25) is 0 Å². The maximum absolute atomic E-state index is 11.0. The molecule has 0 spiro atoms. The average molecular weight is 895 g/mol. The fourth-order valence-electron chi connectivity index (χ4n) is 10.8. The number of hydrogen-bond acceptors (Lipinski definition) is 1. The van der Waals surface area contributed by atoms with Crippen LogP contribution < -0.4 is 0 Å². The Labute approximate surface area is 408 Å². The van der Waals surface area contributed by atoms with E-state index in [4.69, 9.17) is 6.57 Å². The van der Waals surface area contributed by atoms with Gasteiger partial charge in [-0.3, -0.25) is 0 Å². The monoisotopic (exact) mass is 894 g/mol. The summed E-state index contributed by atoms with van der Waals surface area (Å²) >= 11 is 0. The Balaban J connectivity index is 1.03. The summed E-state index contributed by atoms with van der Waals surface area (Å²) in [5, 5.41) is 15.6. The van der Waals surface area contributed by atoms with Crippen molar-refractivity contribution >= 4 is 49.3 Å². The molecule has 2 aromatic heterocycles. The molecular weight excluding hydrogens is 849 g/mol. The van der Waals surface area contributed by atoms with Crippen molar-refractivity contribution in [3.05, 3.63) is 245 Å². The van der Waals surface area contributed by atoms with E-state index < -0.39 is 0 Å². The third-order valence-electron chi connectivity index (χ3n) is 14.4. The lowest BCUT2D eigenvalue weighted by molar-refractivity contribution is 1.17. The van der Waals surface area contributed by atoms with Crippen LogP contribution >= 0.6 is 0 Å². The topological polar surface area (TPSA) is 38.0 Å². The van der Waals surface area contributed by atoms with Gasteiger partial charge in [0.15, 0.2) is 5.69 Å². The lowest BCUT2D eigenvalue weighted by Gasteiger charge is -2.15. The van der Waals surface area contributed by atoms with Crippen LogP contribution in [0.2, 0.25) is 0 Å². The average Bonchev–Trinajstić information content (AvgIpc) is 3.90. The first kappa shape index (κ1) is 42.2. The summed E-state index contributed by atoms with van der Waals surface area (Å²) in [6.45, 7) is 17.2. The van der Waals surface area contributed by atoms with Gasteiger partial charge < -0.3 is 9.13 Å². The zero-order chi connectivity index (χ0) is 47.6. The van der Waals surface area contributed by atoms with Gasteiger partial charge in [-0.1, -0.05) is 158 Å². The van der Waals surface area contributed by atoms with E-state index in [1.54, 1.807) is 0 Å². The van der Waals surface area contributed by atoms with E-state index in [-0.39, 0.29) is 0 Å². The third-order valence-corrected chi connectivity index (χ3v) is 14.4. The molecule has 0 saturated heterocycles. The van der Waals surface area contributed by atoms with Gasteiger partial charge in [0.25, 0.3) is 0 Å². The summed E-state index contributed by atoms with van der Waals surface area (Å²) in [6.07, 6.45) is 0. The first-order chi connectivity index (χ1) is 34.3. The zero-order valence-electron chi connectivity index (χ0n) is 39.4. The van der Waals surface area contributed by atoms with E-state index in [9.17, 15) is 5.26 Å². The molecule has 0 N–H and O–H groups in total. The van der Waals surface area contributed by atoms with Crippen LogP contribution in [0.5, 0.6) is 0 Å². The second kappa shape index (κ2) is 16.8. The Kier molecular flexibility index (Phi) is 10.1. The second-order valence-electron chi connectivity index (χ2n) is 18.5. The van der Waals surface area contributed by atoms with Crippen molar-refractivity contribution in [3.8, 4) is 73.1 Å². The molecule has 4 nitrogen and oxygen atoms in total. The largest absolute Gasteiger partial charge is 0.310 e. The maximum Gasteiger partial charge on any atom is 0.197 e. The highest BCUT2D eigenvalue weighted by Gasteiger charge is 2.21. The number of aryl methyl sites for hydroxylation is 4. The highest BCUT2D eigenvalue weighted by Crippen LogP contribution is 2.43. The third kappa shape index (κ3) is 6.89. The summed E-state index contributed by atoms with van der Waals surface area (Å²) in [4.78, 5) is 4.17. The minimum Gasteiger partial charge on any atom is -0.310 e. The molecule has 0 fully saturated rings. The lowest BCUT2D eigenvalue weighted by Crippen LogP contribution is -1.98. The molecule has 4 heteroatoms. The first-order valence-corrected chi connectivity index (χ1v) is 23.8. The zero-order valence-corrected chi connectivity index (χ0v) is 39.4. The number of nitriles is 1. The Morgan fingerprint density at radius 2 is 0.686 bits per heavy atom. The van der Waals surface area contributed by atoms with Crippen LogP contribution in [0.4, 0.5) is 5.69 Å². The number of hydrogen-bond donors (Lipinski definition) is 0. The van der Waals surface area contributed by atoms with Gasteiger partial charge >= 0.3 is 0 Å². The Bertz CT molecular complexity index is 3720. The Morgan fingerprint density at radius 3 is 1.01 bits per heavy atom. The van der Waals surface area contributed by atoms with E-state index in [0.717, 1.165) is 88.4 Å². The van der Waals surface area contributed by atoms with Crippen LogP contribution in [0.1, 0.15) is 27.8 Å². The van der Waals surface area contributed by atoms with Crippen molar-refractivity contribution < 1.29 is 0 Å². The highest BCUT2D eigenvalue weighted by molar-refractivity contribution is 6.13. The predicted molar refractivity (Wildman–Crippen MR) is 292 cm³/mol. The van der Waals surface area contributed by atoms with Gasteiger partial charge in [0.1, 0.15) is 0 Å². The standard InChI is InChI=1S/C66H46N4/c1-41-14-6-10-18-52(41)45-22-28-58-59-29-23-46(53-19-11-7-15-42(53)2)36-64(59)69(63(58)35-45)50-26-32-56(49(34-50)40-67)57-33-27-51(39-62(57)68-5)70-65-37-47(54-20-12-8-16-43(54)3)24-30-60(65)61-31-25-48(38-66(61)70)55-21-13-9-17-44(55)4/h6-39H,1-4H3. The van der Waals surface area contributed by atoms with Crippen molar-refractivity contribution in [2.24, 2.45) is 0 Å². The Hall–Kier alpha value is -9.22. The molecule has 0 aliphatic carbocycles. The molecule has 70 heavy (non-hydrogen) atoms. The van der Waals surface area contributed by atoms with Gasteiger partial charge in [-0.25, -0.2) is 4.85 Å². The van der Waals surface area contributed by atoms with Crippen molar-refractivity contribution in [3.63, 3.8) is 0 Å². The molecule has 0 aliphatic rings. The molecule has 0 bridgehead atoms. The number of fused-ring (bicyclic) bond motifs is 6. The number of nitrogens with zero attached hydrogens (tertiary/aromatic N) is 4. The molecule has 2 heterocycles. The van der Waals surface area contributed by atoms with E-state index in [2.05, 4.69) is 230 Å². The van der Waals surface area contributed by atoms with E-state index >= 15 is 0 Å². The number of rotatable bonds is 7. The molecule has 12 rings (SSSR count). The lowest BCUT2D eigenvalue weighted by atomic mass is 9.97. The minimum absolute atomic E-state index is 0.476. The van der Waals surface area contributed by atoms with Crippen LogP contribution in [-0.4, -0.2) is 9.13 Å². The van der Waals surface area contributed by atoms with Crippen molar-refractivity contribution in [1.29, 1.82) is 5.26 Å². The fourth-order valence-corrected chi connectivity index (χ4v) is 10.8. The molecule has 0 atom stereocenters. The van der Waals surface area contributed by atoms with Crippen LogP contribution in [0.15, 0.2) is 206 Å². The van der Waals surface area contributed by atoms with Crippen molar-refractivity contribution in [1.82, 2.24) is 9.13 Å². The summed E-state index contributed by atoms with van der Waals surface area (Å²) in [6, 6.07) is 75.7. The molecule has 10 aromatic carbocycles. The highest BCUT2D eigenvalue weighted by atomic mass is 15.0. The molecule has 0 unspecified atom stereocenters. The first-order valence-electron chi connectivity index (χ1n) is 23.8. The van der Waals surface area contributed by atoms with E-state index in [0.29, 0.717) is 11.3 Å². The number of aromatic nitrogens is 2.